The Bertz CT molecular complexity index is 1020. The van der Waals surface area contributed by atoms with Crippen LogP contribution in [0, 0.1) is 5.92 Å². The second-order valence-corrected chi connectivity index (χ2v) is 8.40. The number of hydrogen-bond acceptors (Lipinski definition) is 2. The van der Waals surface area contributed by atoms with Crippen molar-refractivity contribution in [1.29, 1.82) is 0 Å². The molecule has 2 aliphatic carbocycles. The first-order valence-electron chi connectivity index (χ1n) is 10.6. The molecule has 0 saturated heterocycles. The summed E-state index contributed by atoms with van der Waals surface area (Å²) in [5, 5.41) is 0. The van der Waals surface area contributed by atoms with Crippen molar-refractivity contribution in [3.63, 3.8) is 0 Å². The lowest BCUT2D eigenvalue weighted by Crippen LogP contribution is -2.33. The number of amides is 1. The van der Waals surface area contributed by atoms with Crippen LogP contribution in [-0.4, -0.2) is 15.5 Å². The zero-order valence-corrected chi connectivity index (χ0v) is 16.9. The maximum absolute atomic E-state index is 13.6. The van der Waals surface area contributed by atoms with E-state index in [4.69, 9.17) is 0 Å². The molecule has 4 heteroatoms. The van der Waals surface area contributed by atoms with Gasteiger partial charge in [0.05, 0.1) is 6.54 Å². The number of nitrogens with zero attached hydrogens (tertiary/aromatic N) is 3. The Morgan fingerprint density at radius 1 is 1.10 bits per heavy atom. The summed E-state index contributed by atoms with van der Waals surface area (Å²) in [4.78, 5) is 20.0. The fourth-order valence-electron chi connectivity index (χ4n) is 4.61. The molecule has 1 aromatic heterocycles. The van der Waals surface area contributed by atoms with Gasteiger partial charge in [-0.25, -0.2) is 4.98 Å². The minimum Gasteiger partial charge on any atom is -0.337 e. The van der Waals surface area contributed by atoms with E-state index in [1.807, 2.05) is 28.8 Å². The van der Waals surface area contributed by atoms with E-state index in [0.717, 1.165) is 30.8 Å². The van der Waals surface area contributed by atoms with E-state index in [1.165, 1.54) is 29.5 Å². The van der Waals surface area contributed by atoms with Crippen LogP contribution in [0.3, 0.4) is 0 Å². The van der Waals surface area contributed by atoms with E-state index in [2.05, 4.69) is 47.4 Å². The third kappa shape index (κ3) is 3.59. The largest absolute Gasteiger partial charge is 0.337 e. The molecular formula is C25H27N3O. The average Bonchev–Trinajstić information content (AvgIpc) is 3.47. The van der Waals surface area contributed by atoms with Gasteiger partial charge in [-0.3, -0.25) is 4.79 Å². The first kappa shape index (κ1) is 18.2. The van der Waals surface area contributed by atoms with Crippen molar-refractivity contribution in [2.75, 3.05) is 4.90 Å². The van der Waals surface area contributed by atoms with Crippen LogP contribution in [-0.2, 0) is 31.2 Å². The van der Waals surface area contributed by atoms with Crippen molar-refractivity contribution < 1.29 is 4.79 Å². The quantitative estimate of drug-likeness (QED) is 0.642. The van der Waals surface area contributed by atoms with Crippen molar-refractivity contribution in [2.45, 2.75) is 44.6 Å². The molecule has 1 amide bonds. The zero-order chi connectivity index (χ0) is 19.8. The number of aromatic nitrogens is 2. The molecule has 0 N–H and O–H groups in total. The second kappa shape index (κ2) is 7.51. The summed E-state index contributed by atoms with van der Waals surface area (Å²) in [5.41, 5.74) is 5.13. The molecule has 1 heterocycles. The molecule has 0 unspecified atom stereocenters. The van der Waals surface area contributed by atoms with Gasteiger partial charge in [-0.1, -0.05) is 36.4 Å². The van der Waals surface area contributed by atoms with Crippen LogP contribution in [0.4, 0.5) is 5.69 Å². The van der Waals surface area contributed by atoms with Crippen LogP contribution in [0.25, 0.3) is 0 Å². The summed E-state index contributed by atoms with van der Waals surface area (Å²) in [6.07, 6.45) is 9.45. The Morgan fingerprint density at radius 2 is 1.90 bits per heavy atom. The molecule has 5 rings (SSSR count). The molecule has 0 aliphatic heterocycles. The highest BCUT2D eigenvalue weighted by Gasteiger charge is 2.46. The highest BCUT2D eigenvalue weighted by atomic mass is 16.2. The Labute approximate surface area is 172 Å². The molecule has 4 nitrogen and oxygen atoms in total. The van der Waals surface area contributed by atoms with Crippen molar-refractivity contribution >= 4 is 11.6 Å². The summed E-state index contributed by atoms with van der Waals surface area (Å²) in [5.74, 6) is 1.53. The van der Waals surface area contributed by atoms with Crippen molar-refractivity contribution in [2.24, 2.45) is 13.0 Å². The molecule has 1 fully saturated rings. The first-order chi connectivity index (χ1) is 14.2. The molecule has 2 atom stereocenters. The summed E-state index contributed by atoms with van der Waals surface area (Å²) < 4.78 is 2.00. The number of anilines is 1. The third-order valence-electron chi connectivity index (χ3n) is 6.47. The van der Waals surface area contributed by atoms with Gasteiger partial charge >= 0.3 is 0 Å². The molecule has 1 saturated carbocycles. The molecule has 3 aromatic rings. The molecule has 148 valence electrons. The van der Waals surface area contributed by atoms with Gasteiger partial charge in [-0.15, -0.1) is 0 Å². The summed E-state index contributed by atoms with van der Waals surface area (Å²) >= 11 is 0. The van der Waals surface area contributed by atoms with Crippen LogP contribution in [0.2, 0.25) is 0 Å². The Hall–Kier alpha value is -2.88. The molecule has 2 aliphatic rings. The summed E-state index contributed by atoms with van der Waals surface area (Å²) in [7, 11) is 1.99. The molecule has 0 spiro atoms. The number of carbonyl (C=O) groups is 1. The van der Waals surface area contributed by atoms with E-state index in [1.54, 1.807) is 6.20 Å². The fourth-order valence-corrected chi connectivity index (χ4v) is 4.61. The SMILES string of the molecule is Cn1ccnc1CN(C(=O)[C@H]1C[C@@H]1c1ccccc1)c1ccc2c(c1)CCCC2. The van der Waals surface area contributed by atoms with E-state index in [-0.39, 0.29) is 11.8 Å². The van der Waals surface area contributed by atoms with Crippen LogP contribution < -0.4 is 4.90 Å². The van der Waals surface area contributed by atoms with Gasteiger partial charge in [0, 0.05) is 31.0 Å². The van der Waals surface area contributed by atoms with Crippen LogP contribution in [0.5, 0.6) is 0 Å². The number of benzene rings is 2. The molecular weight excluding hydrogens is 358 g/mol. The second-order valence-electron chi connectivity index (χ2n) is 8.40. The number of imidazole rings is 1. The normalized spacial score (nSPS) is 20.2. The van der Waals surface area contributed by atoms with Gasteiger partial charge in [0.1, 0.15) is 5.82 Å². The monoisotopic (exact) mass is 385 g/mol. The van der Waals surface area contributed by atoms with Crippen molar-refractivity contribution in [3.05, 3.63) is 83.4 Å². The topological polar surface area (TPSA) is 38.1 Å². The highest BCUT2D eigenvalue weighted by molar-refractivity contribution is 5.97. The van der Waals surface area contributed by atoms with E-state index < -0.39 is 0 Å². The van der Waals surface area contributed by atoms with Crippen LogP contribution in [0.1, 0.15) is 47.7 Å². The standard InChI is InChI=1S/C25H27N3O/c1-27-14-13-26-24(27)17-28(21-12-11-18-7-5-6-10-20(18)15-21)25(29)23-16-22(23)19-8-3-2-4-9-19/h2-4,8-9,11-15,22-23H,5-7,10,16-17H2,1H3/t22-,23+/m1/s1. The minimum atomic E-state index is 0.0636. The lowest BCUT2D eigenvalue weighted by atomic mass is 9.91. The third-order valence-corrected chi connectivity index (χ3v) is 6.47. The molecule has 0 bridgehead atoms. The number of fused-ring (bicyclic) bond motifs is 1. The Morgan fingerprint density at radius 3 is 2.66 bits per heavy atom. The predicted octanol–water partition coefficient (Wildman–Crippen LogP) is 4.64. The van der Waals surface area contributed by atoms with Gasteiger partial charge in [0.15, 0.2) is 0 Å². The summed E-state index contributed by atoms with van der Waals surface area (Å²) in [6, 6.07) is 17.0. The number of carbonyl (C=O) groups excluding carboxylic acids is 1. The lowest BCUT2D eigenvalue weighted by Gasteiger charge is -2.25. The van der Waals surface area contributed by atoms with Crippen molar-refractivity contribution in [3.8, 4) is 0 Å². The first-order valence-corrected chi connectivity index (χ1v) is 10.6. The highest BCUT2D eigenvalue weighted by Crippen LogP contribution is 2.49. The van der Waals surface area contributed by atoms with Crippen LogP contribution in [0.15, 0.2) is 60.9 Å². The molecule has 29 heavy (non-hydrogen) atoms. The van der Waals surface area contributed by atoms with Gasteiger partial charge in [0.25, 0.3) is 0 Å². The lowest BCUT2D eigenvalue weighted by molar-refractivity contribution is -0.120. The zero-order valence-electron chi connectivity index (χ0n) is 16.9. The maximum atomic E-state index is 13.6. The van der Waals surface area contributed by atoms with Gasteiger partial charge in [-0.2, -0.15) is 0 Å². The fraction of sp³-hybridized carbons (Fsp3) is 0.360. The van der Waals surface area contributed by atoms with Crippen molar-refractivity contribution in [1.82, 2.24) is 9.55 Å². The number of hydrogen-bond donors (Lipinski definition) is 0. The predicted molar refractivity (Wildman–Crippen MR) is 115 cm³/mol. The number of aryl methyl sites for hydroxylation is 3. The molecule has 2 aromatic carbocycles. The van der Waals surface area contributed by atoms with Gasteiger partial charge < -0.3 is 9.47 Å². The van der Waals surface area contributed by atoms with E-state index >= 15 is 0 Å². The average molecular weight is 386 g/mol. The smallest absolute Gasteiger partial charge is 0.231 e. The minimum absolute atomic E-state index is 0.0636. The van der Waals surface area contributed by atoms with Gasteiger partial charge in [-0.05, 0) is 66.8 Å². The van der Waals surface area contributed by atoms with E-state index in [9.17, 15) is 4.79 Å². The summed E-state index contributed by atoms with van der Waals surface area (Å²) in [6.45, 7) is 0.513. The number of rotatable bonds is 5. The maximum Gasteiger partial charge on any atom is 0.231 e. The Kier molecular flexibility index (Phi) is 4.70. The van der Waals surface area contributed by atoms with E-state index in [0.29, 0.717) is 12.5 Å². The Balaban J connectivity index is 1.44. The van der Waals surface area contributed by atoms with Crippen LogP contribution >= 0.6 is 0 Å². The van der Waals surface area contributed by atoms with Gasteiger partial charge in [0.2, 0.25) is 5.91 Å². The molecule has 0 radical (unpaired) electrons.